The number of furan rings is 1. The van der Waals surface area contributed by atoms with Crippen molar-refractivity contribution in [3.63, 3.8) is 0 Å². The fourth-order valence-electron chi connectivity index (χ4n) is 3.06. The molecule has 0 radical (unpaired) electrons. The molecule has 0 spiro atoms. The van der Waals surface area contributed by atoms with E-state index in [4.69, 9.17) is 4.42 Å². The minimum atomic E-state index is -0.317. The van der Waals surface area contributed by atoms with Gasteiger partial charge in [-0.1, -0.05) is 36.4 Å². The second-order valence-corrected chi connectivity index (χ2v) is 7.18. The second kappa shape index (κ2) is 12.0. The molecule has 0 aliphatic rings. The number of hydrogen-bond donors (Lipinski definition) is 2. The van der Waals surface area contributed by atoms with E-state index < -0.39 is 0 Å². The Kier molecular flexibility index (Phi) is 8.56. The Morgan fingerprint density at radius 3 is 2.44 bits per heavy atom. The molecule has 3 aromatic rings. The van der Waals surface area contributed by atoms with Crippen LogP contribution in [0.1, 0.15) is 24.2 Å². The lowest BCUT2D eigenvalue weighted by Crippen LogP contribution is -2.41. The van der Waals surface area contributed by atoms with Gasteiger partial charge in [0.2, 0.25) is 17.7 Å². The van der Waals surface area contributed by atoms with Crippen molar-refractivity contribution in [2.24, 2.45) is 0 Å². The van der Waals surface area contributed by atoms with Crippen LogP contribution in [0, 0.1) is 0 Å². The topological polar surface area (TPSA) is 105 Å². The van der Waals surface area contributed by atoms with E-state index in [1.807, 2.05) is 30.3 Å². The molecule has 0 saturated carbocycles. The number of rotatable bonds is 11. The van der Waals surface area contributed by atoms with Gasteiger partial charge in [-0.15, -0.1) is 0 Å². The molecule has 8 heteroatoms. The monoisotopic (exact) mass is 434 g/mol. The first-order valence-electron chi connectivity index (χ1n) is 10.4. The minimum absolute atomic E-state index is 0.0142. The van der Waals surface area contributed by atoms with Gasteiger partial charge in [0.1, 0.15) is 11.6 Å². The number of amides is 3. The Labute approximate surface area is 186 Å². The Morgan fingerprint density at radius 1 is 0.906 bits per heavy atom. The molecule has 32 heavy (non-hydrogen) atoms. The van der Waals surface area contributed by atoms with E-state index in [0.717, 1.165) is 5.56 Å². The Balaban J connectivity index is 1.50. The summed E-state index contributed by atoms with van der Waals surface area (Å²) in [6, 6.07) is 18.5. The third-order valence-corrected chi connectivity index (χ3v) is 4.69. The second-order valence-electron chi connectivity index (χ2n) is 7.18. The number of benzene rings is 1. The first kappa shape index (κ1) is 22.7. The minimum Gasteiger partial charge on any atom is -0.467 e. The molecule has 0 atom stereocenters. The molecule has 0 bridgehead atoms. The highest BCUT2D eigenvalue weighted by atomic mass is 16.3. The largest absolute Gasteiger partial charge is 0.467 e. The van der Waals surface area contributed by atoms with Crippen LogP contribution in [0.3, 0.4) is 0 Å². The number of hydrogen-bond acceptors (Lipinski definition) is 5. The zero-order valence-corrected chi connectivity index (χ0v) is 17.7. The van der Waals surface area contributed by atoms with E-state index in [-0.39, 0.29) is 43.7 Å². The van der Waals surface area contributed by atoms with E-state index in [9.17, 15) is 14.4 Å². The summed E-state index contributed by atoms with van der Waals surface area (Å²) in [5.74, 6) is 0.0976. The van der Waals surface area contributed by atoms with Gasteiger partial charge in [0.15, 0.2) is 0 Å². The average molecular weight is 434 g/mol. The van der Waals surface area contributed by atoms with Crippen LogP contribution in [0.15, 0.2) is 77.5 Å². The normalized spacial score (nSPS) is 10.4. The molecule has 3 rings (SSSR count). The van der Waals surface area contributed by atoms with Crippen molar-refractivity contribution in [1.82, 2.24) is 15.2 Å². The summed E-state index contributed by atoms with van der Waals surface area (Å²) in [4.78, 5) is 42.8. The summed E-state index contributed by atoms with van der Waals surface area (Å²) < 4.78 is 5.33. The van der Waals surface area contributed by atoms with Gasteiger partial charge in [-0.05, 0) is 36.2 Å². The highest BCUT2D eigenvalue weighted by molar-refractivity contribution is 5.93. The molecule has 1 aromatic carbocycles. The van der Waals surface area contributed by atoms with Crippen LogP contribution in [0.25, 0.3) is 0 Å². The standard InChI is InChI=1S/C24H26N4O4/c29-22(27-21-10-4-5-14-25-21)11-12-24(31)28(17-20-9-6-16-32-20)18-23(30)26-15-13-19-7-2-1-3-8-19/h1-10,14,16H,11-13,15,17-18H2,(H,26,30)(H,25,27,29). The van der Waals surface area contributed by atoms with E-state index in [2.05, 4.69) is 15.6 Å². The quantitative estimate of drug-likeness (QED) is 0.483. The lowest BCUT2D eigenvalue weighted by molar-refractivity contribution is -0.137. The van der Waals surface area contributed by atoms with Gasteiger partial charge in [-0.25, -0.2) is 4.98 Å². The van der Waals surface area contributed by atoms with Crippen molar-refractivity contribution in [3.8, 4) is 0 Å². The summed E-state index contributed by atoms with van der Waals surface area (Å²) in [5.41, 5.74) is 1.12. The Hall–Kier alpha value is -3.94. The van der Waals surface area contributed by atoms with E-state index >= 15 is 0 Å². The third kappa shape index (κ3) is 7.71. The van der Waals surface area contributed by atoms with E-state index in [0.29, 0.717) is 24.5 Å². The highest BCUT2D eigenvalue weighted by Crippen LogP contribution is 2.09. The van der Waals surface area contributed by atoms with Gasteiger partial charge >= 0.3 is 0 Å². The van der Waals surface area contributed by atoms with Gasteiger partial charge in [-0.3, -0.25) is 14.4 Å². The first-order valence-corrected chi connectivity index (χ1v) is 10.4. The molecule has 0 aliphatic carbocycles. The number of aromatic nitrogens is 1. The molecule has 8 nitrogen and oxygen atoms in total. The zero-order valence-electron chi connectivity index (χ0n) is 17.7. The fraction of sp³-hybridized carbons (Fsp3) is 0.250. The number of carbonyl (C=O) groups excluding carboxylic acids is 3. The van der Waals surface area contributed by atoms with Crippen LogP contribution in [0.4, 0.5) is 5.82 Å². The molecular weight excluding hydrogens is 408 g/mol. The van der Waals surface area contributed by atoms with Crippen LogP contribution < -0.4 is 10.6 Å². The summed E-state index contributed by atoms with van der Waals surface area (Å²) in [6.07, 6.45) is 3.74. The van der Waals surface area contributed by atoms with Crippen molar-refractivity contribution >= 4 is 23.5 Å². The van der Waals surface area contributed by atoms with Crippen molar-refractivity contribution in [3.05, 3.63) is 84.4 Å². The highest BCUT2D eigenvalue weighted by Gasteiger charge is 2.19. The number of nitrogens with one attached hydrogen (secondary N) is 2. The van der Waals surface area contributed by atoms with Crippen molar-refractivity contribution < 1.29 is 18.8 Å². The van der Waals surface area contributed by atoms with E-state index in [1.165, 1.54) is 11.2 Å². The van der Waals surface area contributed by atoms with Gasteiger partial charge in [0.05, 0.1) is 19.4 Å². The lowest BCUT2D eigenvalue weighted by atomic mass is 10.1. The predicted molar refractivity (Wildman–Crippen MR) is 119 cm³/mol. The maximum Gasteiger partial charge on any atom is 0.239 e. The number of pyridine rings is 1. The van der Waals surface area contributed by atoms with Crippen LogP contribution in [-0.4, -0.2) is 40.7 Å². The molecule has 0 fully saturated rings. The first-order chi connectivity index (χ1) is 15.6. The Morgan fingerprint density at radius 2 is 1.72 bits per heavy atom. The molecule has 3 amide bonds. The van der Waals surface area contributed by atoms with Crippen LogP contribution >= 0.6 is 0 Å². The summed E-state index contributed by atoms with van der Waals surface area (Å²) in [6.45, 7) is 0.508. The van der Waals surface area contributed by atoms with Crippen LogP contribution in [-0.2, 0) is 27.3 Å². The molecule has 2 N–H and O–H groups in total. The lowest BCUT2D eigenvalue weighted by Gasteiger charge is -2.21. The maximum absolute atomic E-state index is 12.8. The molecule has 0 saturated heterocycles. The number of anilines is 1. The summed E-state index contributed by atoms with van der Waals surface area (Å²) in [5, 5.41) is 5.49. The summed E-state index contributed by atoms with van der Waals surface area (Å²) in [7, 11) is 0. The average Bonchev–Trinajstić information content (AvgIpc) is 3.32. The van der Waals surface area contributed by atoms with Crippen LogP contribution in [0.5, 0.6) is 0 Å². The third-order valence-electron chi connectivity index (χ3n) is 4.69. The predicted octanol–water partition coefficient (Wildman–Crippen LogP) is 2.78. The smallest absolute Gasteiger partial charge is 0.239 e. The molecule has 0 aliphatic heterocycles. The van der Waals surface area contributed by atoms with Crippen molar-refractivity contribution in [2.45, 2.75) is 25.8 Å². The molecular formula is C24H26N4O4. The van der Waals surface area contributed by atoms with Gasteiger partial charge in [0.25, 0.3) is 0 Å². The number of carbonyl (C=O) groups is 3. The SMILES string of the molecule is O=C(CN(Cc1ccco1)C(=O)CCC(=O)Nc1ccccn1)NCCc1ccccc1. The van der Waals surface area contributed by atoms with Crippen LogP contribution in [0.2, 0.25) is 0 Å². The van der Waals surface area contributed by atoms with Gasteiger partial charge in [0, 0.05) is 25.6 Å². The Bertz CT molecular complexity index is 991. The molecule has 2 aromatic heterocycles. The van der Waals surface area contributed by atoms with Gasteiger partial charge in [-0.2, -0.15) is 0 Å². The zero-order chi connectivity index (χ0) is 22.6. The molecule has 2 heterocycles. The van der Waals surface area contributed by atoms with E-state index in [1.54, 1.807) is 36.5 Å². The fourth-order valence-corrected chi connectivity index (χ4v) is 3.06. The molecule has 166 valence electrons. The maximum atomic E-state index is 12.8. The number of nitrogens with zero attached hydrogens (tertiary/aromatic N) is 2. The van der Waals surface area contributed by atoms with Crippen molar-refractivity contribution in [1.29, 1.82) is 0 Å². The van der Waals surface area contributed by atoms with Crippen molar-refractivity contribution in [2.75, 3.05) is 18.4 Å². The van der Waals surface area contributed by atoms with Gasteiger partial charge < -0.3 is 20.0 Å². The summed E-state index contributed by atoms with van der Waals surface area (Å²) >= 11 is 0. The molecule has 0 unspecified atom stereocenters.